The average Bonchev–Trinajstić information content (AvgIpc) is 2.88. The van der Waals surface area contributed by atoms with Crippen molar-refractivity contribution in [2.24, 2.45) is 14.1 Å². The molecule has 0 aliphatic rings. The summed E-state index contributed by atoms with van der Waals surface area (Å²) in [5.74, 6) is 0.952. The Kier molecular flexibility index (Phi) is 6.10. The second-order valence-electron chi connectivity index (χ2n) is 6.22. The first kappa shape index (κ1) is 18.6. The fourth-order valence-corrected chi connectivity index (χ4v) is 3.64. The molecule has 0 amide bonds. The van der Waals surface area contributed by atoms with E-state index in [4.69, 9.17) is 0 Å². The number of thioether (sulfide) groups is 1. The van der Waals surface area contributed by atoms with E-state index in [1.807, 2.05) is 11.5 Å². The Labute approximate surface area is 146 Å². The van der Waals surface area contributed by atoms with Gasteiger partial charge < -0.3 is 4.57 Å². The zero-order valence-corrected chi connectivity index (χ0v) is 15.8. The number of aromatic nitrogens is 4. The van der Waals surface area contributed by atoms with E-state index >= 15 is 0 Å². The van der Waals surface area contributed by atoms with Gasteiger partial charge in [0.25, 0.3) is 5.56 Å². The van der Waals surface area contributed by atoms with Gasteiger partial charge in [-0.2, -0.15) is 0 Å². The molecular formula is C17H26N4O2S. The number of allylic oxidation sites excluding steroid dienone is 1. The van der Waals surface area contributed by atoms with Crippen LogP contribution in [-0.2, 0) is 20.6 Å². The number of fused-ring (bicyclic) bond motifs is 1. The molecule has 2 aromatic rings. The zero-order valence-electron chi connectivity index (χ0n) is 15.0. The molecule has 0 radical (unpaired) electrons. The maximum atomic E-state index is 12.6. The molecule has 0 unspecified atom stereocenters. The molecule has 132 valence electrons. The minimum Gasteiger partial charge on any atom is -0.309 e. The SMILES string of the molecule is C=C(C)Cn1c(SCCCCCC)nc2c1c(=O)n(C)c(=O)n2C. The van der Waals surface area contributed by atoms with Gasteiger partial charge in [0.05, 0.1) is 0 Å². The van der Waals surface area contributed by atoms with E-state index in [1.165, 1.54) is 30.9 Å². The molecule has 2 heterocycles. The molecule has 0 aliphatic carbocycles. The number of nitrogens with zero attached hydrogens (tertiary/aromatic N) is 4. The maximum Gasteiger partial charge on any atom is 0.332 e. The molecule has 0 saturated heterocycles. The van der Waals surface area contributed by atoms with Crippen LogP contribution >= 0.6 is 11.8 Å². The third-order valence-electron chi connectivity index (χ3n) is 3.97. The van der Waals surface area contributed by atoms with E-state index in [1.54, 1.807) is 18.8 Å². The summed E-state index contributed by atoms with van der Waals surface area (Å²) in [6, 6.07) is 0. The minimum absolute atomic E-state index is 0.306. The van der Waals surface area contributed by atoms with Crippen LogP contribution in [0.3, 0.4) is 0 Å². The van der Waals surface area contributed by atoms with Crippen molar-refractivity contribution in [2.75, 3.05) is 5.75 Å². The van der Waals surface area contributed by atoms with Crippen molar-refractivity contribution in [1.82, 2.24) is 18.7 Å². The van der Waals surface area contributed by atoms with Crippen LogP contribution in [0.25, 0.3) is 11.2 Å². The van der Waals surface area contributed by atoms with Crippen molar-refractivity contribution in [1.29, 1.82) is 0 Å². The summed E-state index contributed by atoms with van der Waals surface area (Å²) in [6.07, 6.45) is 4.75. The molecule has 0 aliphatic heterocycles. The lowest BCUT2D eigenvalue weighted by molar-refractivity contribution is 0.691. The van der Waals surface area contributed by atoms with Crippen LogP contribution in [0.4, 0.5) is 0 Å². The van der Waals surface area contributed by atoms with Gasteiger partial charge in [-0.05, 0) is 13.3 Å². The Morgan fingerprint density at radius 2 is 1.88 bits per heavy atom. The summed E-state index contributed by atoms with van der Waals surface area (Å²) in [5, 5.41) is 0.780. The van der Waals surface area contributed by atoms with Gasteiger partial charge in [0.15, 0.2) is 16.3 Å². The highest BCUT2D eigenvalue weighted by Gasteiger charge is 2.19. The molecule has 0 aromatic carbocycles. The van der Waals surface area contributed by atoms with Gasteiger partial charge in [0, 0.05) is 26.4 Å². The lowest BCUT2D eigenvalue weighted by Gasteiger charge is -2.09. The van der Waals surface area contributed by atoms with Crippen molar-refractivity contribution in [2.45, 2.75) is 51.2 Å². The summed E-state index contributed by atoms with van der Waals surface area (Å²) >= 11 is 1.64. The summed E-state index contributed by atoms with van der Waals surface area (Å²) in [7, 11) is 3.15. The minimum atomic E-state index is -0.355. The summed E-state index contributed by atoms with van der Waals surface area (Å²) in [6.45, 7) is 8.60. The number of unbranched alkanes of at least 4 members (excludes halogenated alkanes) is 3. The van der Waals surface area contributed by atoms with Crippen LogP contribution in [-0.4, -0.2) is 24.4 Å². The maximum absolute atomic E-state index is 12.6. The normalized spacial score (nSPS) is 11.3. The summed E-state index contributed by atoms with van der Waals surface area (Å²) in [5.41, 5.74) is 1.20. The fraction of sp³-hybridized carbons (Fsp3) is 0.588. The quantitative estimate of drug-likeness (QED) is 0.417. The Hall–Kier alpha value is -1.76. The van der Waals surface area contributed by atoms with E-state index in [0.717, 1.165) is 27.5 Å². The van der Waals surface area contributed by atoms with Gasteiger partial charge >= 0.3 is 5.69 Å². The Morgan fingerprint density at radius 3 is 2.50 bits per heavy atom. The molecule has 24 heavy (non-hydrogen) atoms. The monoisotopic (exact) mass is 350 g/mol. The van der Waals surface area contributed by atoms with Crippen molar-refractivity contribution >= 4 is 22.9 Å². The van der Waals surface area contributed by atoms with E-state index in [2.05, 4.69) is 18.5 Å². The smallest absolute Gasteiger partial charge is 0.309 e. The van der Waals surface area contributed by atoms with Crippen LogP contribution in [0.15, 0.2) is 26.9 Å². The van der Waals surface area contributed by atoms with Gasteiger partial charge in [-0.15, -0.1) is 0 Å². The van der Waals surface area contributed by atoms with Gasteiger partial charge in [-0.25, -0.2) is 9.78 Å². The second kappa shape index (κ2) is 7.88. The Balaban J connectivity index is 2.48. The standard InChI is InChI=1S/C17H26N4O2S/c1-6-7-8-9-10-24-16-18-14-13(21(16)11-12(2)3)15(22)20(5)17(23)19(14)4/h2,6-11H2,1,3-5H3. The highest BCUT2D eigenvalue weighted by atomic mass is 32.2. The molecule has 7 heteroatoms. The lowest BCUT2D eigenvalue weighted by atomic mass is 10.2. The molecule has 2 aromatic heterocycles. The van der Waals surface area contributed by atoms with E-state index in [-0.39, 0.29) is 11.2 Å². The highest BCUT2D eigenvalue weighted by molar-refractivity contribution is 7.99. The molecule has 6 nitrogen and oxygen atoms in total. The van der Waals surface area contributed by atoms with Gasteiger partial charge in [0.1, 0.15) is 0 Å². The third-order valence-corrected chi connectivity index (χ3v) is 5.03. The van der Waals surface area contributed by atoms with Crippen LogP contribution in [0, 0.1) is 0 Å². The van der Waals surface area contributed by atoms with Crippen LogP contribution in [0.2, 0.25) is 0 Å². The lowest BCUT2D eigenvalue weighted by Crippen LogP contribution is -2.37. The molecule has 0 spiro atoms. The molecule has 0 fully saturated rings. The van der Waals surface area contributed by atoms with Crippen molar-refractivity contribution < 1.29 is 0 Å². The summed E-state index contributed by atoms with van der Waals surface area (Å²) < 4.78 is 4.46. The van der Waals surface area contributed by atoms with E-state index in [9.17, 15) is 9.59 Å². The van der Waals surface area contributed by atoms with E-state index < -0.39 is 0 Å². The van der Waals surface area contributed by atoms with Gasteiger partial charge in [-0.3, -0.25) is 13.9 Å². The van der Waals surface area contributed by atoms with Crippen LogP contribution in [0.5, 0.6) is 0 Å². The van der Waals surface area contributed by atoms with Crippen molar-refractivity contribution in [3.05, 3.63) is 33.0 Å². The van der Waals surface area contributed by atoms with Crippen molar-refractivity contribution in [3.63, 3.8) is 0 Å². The molecule has 0 bridgehead atoms. The second-order valence-corrected chi connectivity index (χ2v) is 7.29. The molecule has 0 N–H and O–H groups in total. The topological polar surface area (TPSA) is 61.8 Å². The van der Waals surface area contributed by atoms with Crippen molar-refractivity contribution in [3.8, 4) is 0 Å². The van der Waals surface area contributed by atoms with Crippen LogP contribution in [0.1, 0.15) is 39.5 Å². The fourth-order valence-electron chi connectivity index (χ4n) is 2.65. The first-order chi connectivity index (χ1) is 11.4. The van der Waals surface area contributed by atoms with Gasteiger partial charge in [0.2, 0.25) is 0 Å². The molecule has 0 atom stereocenters. The third kappa shape index (κ3) is 3.66. The number of rotatable bonds is 8. The number of hydrogen-bond acceptors (Lipinski definition) is 4. The summed E-state index contributed by atoms with van der Waals surface area (Å²) in [4.78, 5) is 29.3. The highest BCUT2D eigenvalue weighted by Crippen LogP contribution is 2.23. The van der Waals surface area contributed by atoms with Crippen LogP contribution < -0.4 is 11.2 Å². The largest absolute Gasteiger partial charge is 0.332 e. The Morgan fingerprint density at radius 1 is 1.17 bits per heavy atom. The molecule has 0 saturated carbocycles. The molecule has 2 rings (SSSR count). The number of imidazole rings is 1. The molecular weight excluding hydrogens is 324 g/mol. The Bertz CT molecular complexity index is 860. The predicted molar refractivity (Wildman–Crippen MR) is 99.9 cm³/mol. The average molecular weight is 350 g/mol. The van der Waals surface area contributed by atoms with E-state index in [0.29, 0.717) is 17.7 Å². The first-order valence-corrected chi connectivity index (χ1v) is 9.30. The zero-order chi connectivity index (χ0) is 17.9. The van der Waals surface area contributed by atoms with Gasteiger partial charge in [-0.1, -0.05) is 50.1 Å². The first-order valence-electron chi connectivity index (χ1n) is 8.31. The number of aryl methyl sites for hydroxylation is 1. The predicted octanol–water partition coefficient (Wildman–Crippen LogP) is 2.68. The number of hydrogen-bond donors (Lipinski definition) is 0.